The first-order valence-corrected chi connectivity index (χ1v) is 14.1. The van der Waals surface area contributed by atoms with Crippen molar-refractivity contribution in [2.45, 2.75) is 19.4 Å². The number of sulfone groups is 1. The number of aromatic nitrogens is 1. The molecule has 0 radical (unpaired) electrons. The maximum Gasteiger partial charge on any atom is 0.419 e. The summed E-state index contributed by atoms with van der Waals surface area (Å²) in [6.07, 6.45) is 11.4. The molecule has 11 heteroatoms. The number of fused-ring (bicyclic) bond motifs is 1. The van der Waals surface area contributed by atoms with Gasteiger partial charge in [0.25, 0.3) is 0 Å². The highest BCUT2D eigenvalue weighted by atomic mass is 32.2. The Kier molecular flexibility index (Phi) is 8.16. The highest BCUT2D eigenvalue weighted by Gasteiger charge is 2.36. The van der Waals surface area contributed by atoms with Crippen LogP contribution < -0.4 is 19.9 Å². The number of pyridine rings is 1. The van der Waals surface area contributed by atoms with Gasteiger partial charge in [0.05, 0.1) is 43.0 Å². The Morgan fingerprint density at radius 2 is 1.97 bits per heavy atom. The van der Waals surface area contributed by atoms with Gasteiger partial charge in [-0.2, -0.15) is 0 Å². The Hall–Kier alpha value is -4.12. The summed E-state index contributed by atoms with van der Waals surface area (Å²) in [4.78, 5) is 33.0. The molecule has 1 N–H and O–H groups in total. The molecule has 2 aliphatic rings. The zero-order chi connectivity index (χ0) is 27.3. The Morgan fingerprint density at radius 3 is 2.68 bits per heavy atom. The van der Waals surface area contributed by atoms with Crippen molar-refractivity contribution < 1.29 is 27.5 Å². The van der Waals surface area contributed by atoms with Crippen LogP contribution in [0.4, 0.5) is 21.0 Å². The van der Waals surface area contributed by atoms with E-state index < -0.39 is 22.0 Å². The minimum Gasteiger partial charge on any atom is -0.452 e. The lowest BCUT2D eigenvalue weighted by Gasteiger charge is -2.39. The van der Waals surface area contributed by atoms with Crippen LogP contribution in [-0.2, 0) is 14.6 Å². The van der Waals surface area contributed by atoms with E-state index in [-0.39, 0.29) is 24.9 Å². The molecule has 0 bridgehead atoms. The second kappa shape index (κ2) is 11.5. The molecule has 1 aliphatic carbocycles. The number of nitrogens with zero attached hydrogens (tertiary/aromatic N) is 3. The average molecular weight is 539 g/mol. The van der Waals surface area contributed by atoms with Crippen LogP contribution in [0.3, 0.4) is 0 Å². The Labute approximate surface area is 222 Å². The first-order chi connectivity index (χ1) is 18.2. The zero-order valence-corrected chi connectivity index (χ0v) is 22.3. The molecule has 1 unspecified atom stereocenters. The molecule has 10 nitrogen and oxygen atoms in total. The maximum absolute atomic E-state index is 13.3. The van der Waals surface area contributed by atoms with Gasteiger partial charge in [0.1, 0.15) is 9.84 Å². The molecule has 1 aromatic heterocycles. The molecule has 0 saturated heterocycles. The molecule has 2 amide bonds. The molecule has 1 atom stereocenters. The average Bonchev–Trinajstić information content (AvgIpc) is 3.13. The standard InChI is InChI=1S/C27H30N4O6S/c1-19-18-30(26(32)37-21-8-7-13-28-17-21)25-16-20(11-12-24(25)31(19)27(33)36-2)22-9-5-4-6-10-23(22)29-14-15-38(3,34)35/h4-9,11-13,16-17,19,29H,10,14-15,18H2,1-3H3. The molecule has 0 spiro atoms. The number of carbonyl (C=O) groups excluding carboxylic acids is 2. The fraction of sp³-hybridized carbons (Fsp3) is 0.296. The number of benzene rings is 1. The van der Waals surface area contributed by atoms with Crippen LogP contribution in [0.1, 0.15) is 18.9 Å². The molecular weight excluding hydrogens is 508 g/mol. The molecule has 2 heterocycles. The number of methoxy groups -OCH3 is 1. The van der Waals surface area contributed by atoms with Gasteiger partial charge < -0.3 is 14.8 Å². The summed E-state index contributed by atoms with van der Waals surface area (Å²) in [5.74, 6) is 0.303. The van der Waals surface area contributed by atoms with E-state index in [1.807, 2.05) is 43.4 Å². The van der Waals surface area contributed by atoms with Gasteiger partial charge in [-0.05, 0) is 36.8 Å². The second-order valence-electron chi connectivity index (χ2n) is 9.00. The number of nitrogens with one attached hydrogen (secondary N) is 1. The van der Waals surface area contributed by atoms with E-state index in [1.54, 1.807) is 24.4 Å². The first kappa shape index (κ1) is 26.9. The Balaban J connectivity index is 1.76. The van der Waals surface area contributed by atoms with Crippen LogP contribution in [0.25, 0.3) is 5.57 Å². The topological polar surface area (TPSA) is 118 Å². The van der Waals surface area contributed by atoms with Crippen molar-refractivity contribution >= 4 is 39.0 Å². The third kappa shape index (κ3) is 6.23. The summed E-state index contributed by atoms with van der Waals surface area (Å²) < 4.78 is 33.9. The fourth-order valence-electron chi connectivity index (χ4n) is 4.36. The van der Waals surface area contributed by atoms with Gasteiger partial charge in [0, 0.05) is 36.7 Å². The van der Waals surface area contributed by atoms with Crippen molar-refractivity contribution in [3.05, 3.63) is 78.3 Å². The number of hydrogen-bond acceptors (Lipinski definition) is 8. The molecule has 0 saturated carbocycles. The number of ether oxygens (including phenoxy) is 2. The second-order valence-corrected chi connectivity index (χ2v) is 11.3. The molecular formula is C27H30N4O6S. The lowest BCUT2D eigenvalue weighted by molar-refractivity contribution is 0.175. The smallest absolute Gasteiger partial charge is 0.419 e. The van der Waals surface area contributed by atoms with Crippen LogP contribution in [0.5, 0.6) is 5.75 Å². The number of amides is 2. The molecule has 1 aliphatic heterocycles. The minimum atomic E-state index is -3.13. The van der Waals surface area contributed by atoms with Gasteiger partial charge in [0.2, 0.25) is 0 Å². The normalized spacial score (nSPS) is 17.1. The van der Waals surface area contributed by atoms with E-state index in [2.05, 4.69) is 10.3 Å². The third-order valence-corrected chi connectivity index (χ3v) is 7.07. The van der Waals surface area contributed by atoms with E-state index in [0.717, 1.165) is 16.8 Å². The van der Waals surface area contributed by atoms with Crippen molar-refractivity contribution in [3.63, 3.8) is 0 Å². The number of allylic oxidation sites excluding steroid dienone is 5. The highest BCUT2D eigenvalue weighted by Crippen LogP contribution is 2.39. The SMILES string of the molecule is COC(=O)N1c2ccc(C3=C(NCCS(C)(=O)=O)CC=CC=C3)cc2N(C(=O)Oc2cccnc2)CC1C. The van der Waals surface area contributed by atoms with Gasteiger partial charge in [0.15, 0.2) is 5.75 Å². The molecule has 0 fully saturated rings. The predicted molar refractivity (Wildman–Crippen MR) is 146 cm³/mol. The van der Waals surface area contributed by atoms with E-state index in [1.165, 1.54) is 29.4 Å². The van der Waals surface area contributed by atoms with Crippen LogP contribution >= 0.6 is 0 Å². The first-order valence-electron chi connectivity index (χ1n) is 12.1. The molecule has 1 aromatic carbocycles. The van der Waals surface area contributed by atoms with Gasteiger partial charge in [-0.1, -0.05) is 30.4 Å². The summed E-state index contributed by atoms with van der Waals surface area (Å²) in [7, 11) is -1.81. The Morgan fingerprint density at radius 1 is 1.16 bits per heavy atom. The predicted octanol–water partition coefficient (Wildman–Crippen LogP) is 3.92. The summed E-state index contributed by atoms with van der Waals surface area (Å²) in [5.41, 5.74) is 3.45. The number of carbonyl (C=O) groups is 2. The van der Waals surface area contributed by atoms with Crippen molar-refractivity contribution in [2.75, 3.05) is 42.0 Å². The van der Waals surface area contributed by atoms with Gasteiger partial charge in [-0.15, -0.1) is 0 Å². The minimum absolute atomic E-state index is 0.00133. The van der Waals surface area contributed by atoms with Crippen LogP contribution in [0.2, 0.25) is 0 Å². The van der Waals surface area contributed by atoms with Crippen LogP contribution in [0.15, 0.2) is 72.7 Å². The highest BCUT2D eigenvalue weighted by molar-refractivity contribution is 7.90. The van der Waals surface area contributed by atoms with Gasteiger partial charge in [-0.25, -0.2) is 18.0 Å². The summed E-state index contributed by atoms with van der Waals surface area (Å²) in [5, 5.41) is 3.26. The number of hydrogen-bond donors (Lipinski definition) is 1. The lowest BCUT2D eigenvalue weighted by Crippen LogP contribution is -2.52. The fourth-order valence-corrected chi connectivity index (χ4v) is 4.83. The van der Waals surface area contributed by atoms with E-state index in [9.17, 15) is 18.0 Å². The summed E-state index contributed by atoms with van der Waals surface area (Å²) in [6, 6.07) is 8.39. The molecule has 38 heavy (non-hydrogen) atoms. The third-order valence-electron chi connectivity index (χ3n) is 6.12. The van der Waals surface area contributed by atoms with Crippen LogP contribution in [-0.4, -0.2) is 63.8 Å². The monoisotopic (exact) mass is 538 g/mol. The van der Waals surface area contributed by atoms with Gasteiger partial charge in [-0.3, -0.25) is 14.8 Å². The van der Waals surface area contributed by atoms with Crippen molar-refractivity contribution in [1.29, 1.82) is 0 Å². The molecule has 200 valence electrons. The van der Waals surface area contributed by atoms with E-state index in [4.69, 9.17) is 9.47 Å². The van der Waals surface area contributed by atoms with E-state index in [0.29, 0.717) is 23.5 Å². The van der Waals surface area contributed by atoms with Crippen molar-refractivity contribution in [3.8, 4) is 5.75 Å². The zero-order valence-electron chi connectivity index (χ0n) is 21.5. The summed E-state index contributed by atoms with van der Waals surface area (Å²) >= 11 is 0. The summed E-state index contributed by atoms with van der Waals surface area (Å²) in [6.45, 7) is 2.27. The van der Waals surface area contributed by atoms with Crippen molar-refractivity contribution in [1.82, 2.24) is 10.3 Å². The lowest BCUT2D eigenvalue weighted by atomic mass is 9.98. The van der Waals surface area contributed by atoms with Crippen LogP contribution in [0, 0.1) is 0 Å². The largest absolute Gasteiger partial charge is 0.452 e. The molecule has 4 rings (SSSR count). The van der Waals surface area contributed by atoms with Gasteiger partial charge >= 0.3 is 12.2 Å². The number of rotatable bonds is 6. The Bertz CT molecular complexity index is 1400. The number of anilines is 2. The van der Waals surface area contributed by atoms with E-state index >= 15 is 0 Å². The molecule has 2 aromatic rings. The van der Waals surface area contributed by atoms with Crippen molar-refractivity contribution in [2.24, 2.45) is 0 Å². The quantitative estimate of drug-likeness (QED) is 0.588. The maximum atomic E-state index is 13.3.